The number of hydrogen-bond donors (Lipinski definition) is 1. The fourth-order valence-corrected chi connectivity index (χ4v) is 0.487. The highest BCUT2D eigenvalue weighted by atomic mass is 14.4. The molecule has 0 aromatic rings. The van der Waals surface area contributed by atoms with E-state index in [0.717, 1.165) is 17.6 Å². The van der Waals surface area contributed by atoms with E-state index in [4.69, 9.17) is 5.41 Å². The van der Waals surface area contributed by atoms with Crippen molar-refractivity contribution in [3.05, 3.63) is 23.8 Å². The van der Waals surface area contributed by atoms with Gasteiger partial charge in [0.25, 0.3) is 0 Å². The first kappa shape index (κ1) is 13.7. The highest BCUT2D eigenvalue weighted by Gasteiger charge is 1.90. The van der Waals surface area contributed by atoms with Crippen LogP contribution in [0.4, 0.5) is 0 Å². The maximum Gasteiger partial charge on any atom is 0.0313 e. The molecule has 0 radical (unpaired) electrons. The van der Waals surface area contributed by atoms with Gasteiger partial charge in [-0.15, -0.1) is 0 Å². The second-order valence-corrected chi connectivity index (χ2v) is 2.49. The van der Waals surface area contributed by atoms with E-state index in [9.17, 15) is 0 Å². The molecule has 0 aliphatic rings. The van der Waals surface area contributed by atoms with Crippen LogP contribution in [0.2, 0.25) is 0 Å². The molecule has 0 saturated carbocycles. The van der Waals surface area contributed by atoms with Crippen LogP contribution in [-0.4, -0.2) is 5.71 Å². The second-order valence-electron chi connectivity index (χ2n) is 2.49. The summed E-state index contributed by atoms with van der Waals surface area (Å²) in [5.74, 6) is 0. The van der Waals surface area contributed by atoms with Gasteiger partial charge in [0.1, 0.15) is 0 Å². The zero-order valence-corrected chi connectivity index (χ0v) is 8.99. The smallest absolute Gasteiger partial charge is 0.0313 e. The first-order valence-electron chi connectivity index (χ1n) is 4.49. The van der Waals surface area contributed by atoms with E-state index in [0.29, 0.717) is 5.71 Å². The number of rotatable bonds is 3. The van der Waals surface area contributed by atoms with Crippen molar-refractivity contribution in [1.29, 1.82) is 5.41 Å². The molecule has 0 unspecified atom stereocenters. The number of nitrogens with one attached hydrogen (secondary N) is 1. The van der Waals surface area contributed by atoms with Gasteiger partial charge in [-0.05, 0) is 31.9 Å². The van der Waals surface area contributed by atoms with Crippen molar-refractivity contribution in [2.45, 2.75) is 41.0 Å². The molecule has 0 aromatic heterocycles. The van der Waals surface area contributed by atoms with Gasteiger partial charge in [0, 0.05) is 5.71 Å². The van der Waals surface area contributed by atoms with Crippen LogP contribution < -0.4 is 0 Å². The maximum atomic E-state index is 7.34. The summed E-state index contributed by atoms with van der Waals surface area (Å²) in [7, 11) is 0. The molecule has 1 nitrogen and oxygen atoms in total. The van der Waals surface area contributed by atoms with Crippen molar-refractivity contribution in [3.63, 3.8) is 0 Å². The Kier molecular flexibility index (Phi) is 9.43. The molecule has 0 aliphatic carbocycles. The topological polar surface area (TPSA) is 23.9 Å². The molecule has 0 spiro atoms. The quantitative estimate of drug-likeness (QED) is 0.486. The van der Waals surface area contributed by atoms with Gasteiger partial charge in [-0.1, -0.05) is 32.9 Å². The Bertz CT molecular complexity index is 175. The summed E-state index contributed by atoms with van der Waals surface area (Å²) >= 11 is 0. The summed E-state index contributed by atoms with van der Waals surface area (Å²) in [4.78, 5) is 0. The zero-order valence-electron chi connectivity index (χ0n) is 8.99. The van der Waals surface area contributed by atoms with Gasteiger partial charge in [-0.2, -0.15) is 0 Å². The van der Waals surface area contributed by atoms with Gasteiger partial charge < -0.3 is 5.41 Å². The SMILES string of the molecule is C=C(C)/C(C)=C/C(=N)CC.CC. The molecule has 0 aliphatic heterocycles. The Morgan fingerprint density at radius 1 is 1.33 bits per heavy atom. The molecule has 0 amide bonds. The van der Waals surface area contributed by atoms with Crippen LogP contribution in [0.5, 0.6) is 0 Å². The Morgan fingerprint density at radius 2 is 1.75 bits per heavy atom. The Morgan fingerprint density at radius 3 is 2.00 bits per heavy atom. The largest absolute Gasteiger partial charge is 0.305 e. The highest BCUT2D eigenvalue weighted by Crippen LogP contribution is 2.04. The van der Waals surface area contributed by atoms with E-state index in [1.54, 1.807) is 0 Å². The summed E-state index contributed by atoms with van der Waals surface area (Å²) in [6.45, 7) is 13.7. The molecule has 0 atom stereocenters. The van der Waals surface area contributed by atoms with Crippen molar-refractivity contribution in [2.24, 2.45) is 0 Å². The van der Waals surface area contributed by atoms with E-state index in [1.807, 2.05) is 40.7 Å². The molecule has 1 heteroatoms. The van der Waals surface area contributed by atoms with E-state index in [-0.39, 0.29) is 0 Å². The van der Waals surface area contributed by atoms with Crippen LogP contribution in [0.1, 0.15) is 41.0 Å². The lowest BCUT2D eigenvalue weighted by Crippen LogP contribution is -1.89. The van der Waals surface area contributed by atoms with Crippen LogP contribution in [0.15, 0.2) is 23.8 Å². The van der Waals surface area contributed by atoms with Crippen LogP contribution >= 0.6 is 0 Å². The van der Waals surface area contributed by atoms with E-state index in [2.05, 4.69) is 6.58 Å². The van der Waals surface area contributed by atoms with Crippen molar-refractivity contribution < 1.29 is 0 Å². The normalized spacial score (nSPS) is 9.92. The second kappa shape index (κ2) is 8.25. The third-order valence-electron chi connectivity index (χ3n) is 1.44. The Hall–Kier alpha value is -0.850. The lowest BCUT2D eigenvalue weighted by molar-refractivity contribution is 1.24. The van der Waals surface area contributed by atoms with E-state index < -0.39 is 0 Å². The van der Waals surface area contributed by atoms with Gasteiger partial charge in [0.15, 0.2) is 0 Å². The van der Waals surface area contributed by atoms with Crippen molar-refractivity contribution in [3.8, 4) is 0 Å². The van der Waals surface area contributed by atoms with Gasteiger partial charge >= 0.3 is 0 Å². The summed E-state index contributed by atoms with van der Waals surface area (Å²) in [6, 6.07) is 0. The molecule has 70 valence electrons. The lowest BCUT2D eigenvalue weighted by atomic mass is 10.1. The molecule has 12 heavy (non-hydrogen) atoms. The fourth-order valence-electron chi connectivity index (χ4n) is 0.487. The average molecular weight is 167 g/mol. The lowest BCUT2D eigenvalue weighted by Gasteiger charge is -1.97. The predicted octanol–water partition coefficient (Wildman–Crippen LogP) is 3.96. The fraction of sp³-hybridized carbons (Fsp3) is 0.545. The van der Waals surface area contributed by atoms with Crippen LogP contribution in [-0.2, 0) is 0 Å². The molecular formula is C11H21N. The van der Waals surface area contributed by atoms with Crippen LogP contribution in [0.25, 0.3) is 0 Å². The van der Waals surface area contributed by atoms with Crippen LogP contribution in [0, 0.1) is 5.41 Å². The van der Waals surface area contributed by atoms with E-state index in [1.165, 1.54) is 0 Å². The molecule has 0 heterocycles. The molecule has 0 aromatic carbocycles. The van der Waals surface area contributed by atoms with Crippen LogP contribution in [0.3, 0.4) is 0 Å². The highest BCUT2D eigenvalue weighted by molar-refractivity contribution is 5.93. The number of hydrogen-bond acceptors (Lipinski definition) is 1. The molecular weight excluding hydrogens is 146 g/mol. The van der Waals surface area contributed by atoms with Crippen molar-refractivity contribution in [1.82, 2.24) is 0 Å². The van der Waals surface area contributed by atoms with E-state index >= 15 is 0 Å². The van der Waals surface area contributed by atoms with Crippen molar-refractivity contribution >= 4 is 5.71 Å². The molecule has 0 fully saturated rings. The minimum Gasteiger partial charge on any atom is -0.305 e. The summed E-state index contributed by atoms with van der Waals surface area (Å²) in [6.07, 6.45) is 2.66. The first-order chi connectivity index (χ1) is 5.57. The zero-order chi connectivity index (χ0) is 10.1. The van der Waals surface area contributed by atoms with Gasteiger partial charge in [0.2, 0.25) is 0 Å². The maximum absolute atomic E-state index is 7.34. The summed E-state index contributed by atoms with van der Waals surface area (Å²) in [5, 5.41) is 7.34. The molecule has 0 bridgehead atoms. The predicted molar refractivity (Wildman–Crippen MR) is 57.9 cm³/mol. The summed E-state index contributed by atoms with van der Waals surface area (Å²) < 4.78 is 0. The standard InChI is InChI=1S/C9H15N.C2H6/c1-5-9(10)6-8(4)7(2)3;1-2/h6,10H,2,5H2,1,3-4H3;1-2H3/b8-6+,10-9?;. The Labute approximate surface area is 76.7 Å². The van der Waals surface area contributed by atoms with Gasteiger partial charge in [-0.3, -0.25) is 0 Å². The average Bonchev–Trinajstić information content (AvgIpc) is 2.07. The third kappa shape index (κ3) is 7.26. The van der Waals surface area contributed by atoms with Gasteiger partial charge in [0.05, 0.1) is 0 Å². The Balaban J connectivity index is 0. The minimum atomic E-state index is 0.667. The monoisotopic (exact) mass is 167 g/mol. The minimum absolute atomic E-state index is 0.667. The molecule has 1 N–H and O–H groups in total. The molecule has 0 saturated heterocycles. The number of allylic oxidation sites excluding steroid dienone is 3. The van der Waals surface area contributed by atoms with Crippen molar-refractivity contribution in [2.75, 3.05) is 0 Å². The third-order valence-corrected chi connectivity index (χ3v) is 1.44. The van der Waals surface area contributed by atoms with Gasteiger partial charge in [-0.25, -0.2) is 0 Å². The first-order valence-corrected chi connectivity index (χ1v) is 4.49. The molecule has 0 rings (SSSR count). The summed E-state index contributed by atoms with van der Waals surface area (Å²) in [5.41, 5.74) is 2.81.